The average Bonchev–Trinajstić information content (AvgIpc) is 2.50. The molecule has 0 fully saturated rings. The van der Waals surface area contributed by atoms with Gasteiger partial charge in [-0.25, -0.2) is 0 Å². The van der Waals surface area contributed by atoms with Crippen molar-refractivity contribution in [2.24, 2.45) is 11.0 Å². The molecular formula is C15H15N3O2. The second kappa shape index (κ2) is 6.58. The maximum absolute atomic E-state index is 12.2. The fourth-order valence-electron chi connectivity index (χ4n) is 1.90. The number of nitroso groups, excluding NO2 is 1. The van der Waals surface area contributed by atoms with Gasteiger partial charge in [-0.1, -0.05) is 48.5 Å². The topological polar surface area (TPSA) is 75.8 Å². The fraction of sp³-hybridized carbons (Fsp3) is 0.133. The maximum Gasteiger partial charge on any atom is 0.267 e. The second-order valence-electron chi connectivity index (χ2n) is 4.36. The molecule has 0 aliphatic carbocycles. The highest BCUT2D eigenvalue weighted by Crippen LogP contribution is 2.15. The Morgan fingerprint density at radius 2 is 1.60 bits per heavy atom. The molecule has 0 saturated carbocycles. The summed E-state index contributed by atoms with van der Waals surface area (Å²) in [6.45, 7) is 0. The first-order valence-electron chi connectivity index (χ1n) is 6.24. The zero-order valence-corrected chi connectivity index (χ0v) is 10.8. The van der Waals surface area contributed by atoms with Gasteiger partial charge in [0, 0.05) is 0 Å². The van der Waals surface area contributed by atoms with Crippen LogP contribution in [0.2, 0.25) is 0 Å². The number of rotatable bonds is 5. The first-order chi connectivity index (χ1) is 9.72. The molecule has 1 amide bonds. The van der Waals surface area contributed by atoms with Crippen LogP contribution >= 0.6 is 0 Å². The summed E-state index contributed by atoms with van der Waals surface area (Å²) >= 11 is 0. The number of hydrogen-bond acceptors (Lipinski definition) is 4. The van der Waals surface area contributed by atoms with Gasteiger partial charge in [0.25, 0.3) is 5.91 Å². The molecule has 2 aromatic rings. The first-order valence-corrected chi connectivity index (χ1v) is 6.24. The number of hydrogen-bond donors (Lipinski definition) is 1. The lowest BCUT2D eigenvalue weighted by Crippen LogP contribution is -2.42. The van der Waals surface area contributed by atoms with Gasteiger partial charge in [-0.3, -0.25) is 4.79 Å². The SMILES string of the molecule is N[C@@H](Cc1ccccc1)C(=O)N(N=O)c1ccccc1. The number of nitrogens with zero attached hydrogens (tertiary/aromatic N) is 2. The van der Waals surface area contributed by atoms with Crippen molar-refractivity contribution in [2.45, 2.75) is 12.5 Å². The van der Waals surface area contributed by atoms with Gasteiger partial charge < -0.3 is 5.73 Å². The minimum absolute atomic E-state index is 0.360. The van der Waals surface area contributed by atoms with Crippen LogP contribution in [0.4, 0.5) is 5.69 Å². The van der Waals surface area contributed by atoms with E-state index in [1.54, 1.807) is 30.3 Å². The summed E-state index contributed by atoms with van der Waals surface area (Å²) in [6.07, 6.45) is 0.360. The highest BCUT2D eigenvalue weighted by molar-refractivity contribution is 5.96. The fourth-order valence-corrected chi connectivity index (χ4v) is 1.90. The molecule has 5 heteroatoms. The minimum Gasteiger partial charge on any atom is -0.320 e. The van der Waals surface area contributed by atoms with Crippen molar-refractivity contribution in [3.05, 3.63) is 71.1 Å². The highest BCUT2D eigenvalue weighted by atomic mass is 16.3. The molecule has 0 aliphatic rings. The smallest absolute Gasteiger partial charge is 0.267 e. The summed E-state index contributed by atoms with van der Waals surface area (Å²) in [5.41, 5.74) is 7.22. The van der Waals surface area contributed by atoms with E-state index in [1.165, 1.54) is 0 Å². The van der Waals surface area contributed by atoms with Crippen molar-refractivity contribution in [2.75, 3.05) is 5.01 Å². The largest absolute Gasteiger partial charge is 0.320 e. The number of benzene rings is 2. The molecule has 2 aromatic carbocycles. The van der Waals surface area contributed by atoms with Gasteiger partial charge >= 0.3 is 0 Å². The van der Waals surface area contributed by atoms with Crippen molar-refractivity contribution in [3.8, 4) is 0 Å². The van der Waals surface area contributed by atoms with Crippen LogP contribution in [0.3, 0.4) is 0 Å². The van der Waals surface area contributed by atoms with Crippen LogP contribution in [0.5, 0.6) is 0 Å². The molecule has 5 nitrogen and oxygen atoms in total. The number of nitrogens with two attached hydrogens (primary N) is 1. The molecule has 0 saturated heterocycles. The molecule has 0 aliphatic heterocycles. The van der Waals surface area contributed by atoms with Crippen molar-refractivity contribution in [1.82, 2.24) is 0 Å². The molecule has 1 atom stereocenters. The zero-order valence-electron chi connectivity index (χ0n) is 10.8. The summed E-state index contributed by atoms with van der Waals surface area (Å²) < 4.78 is 0. The molecule has 0 unspecified atom stereocenters. The highest BCUT2D eigenvalue weighted by Gasteiger charge is 2.23. The summed E-state index contributed by atoms with van der Waals surface area (Å²) in [7, 11) is 0. The standard InChI is InChI=1S/C15H15N3O2/c16-14(11-12-7-3-1-4-8-12)15(19)18(17-20)13-9-5-2-6-10-13/h1-10,14H,11,16H2/t14-/m0/s1. The van der Waals surface area contributed by atoms with E-state index in [2.05, 4.69) is 5.29 Å². The van der Waals surface area contributed by atoms with Crippen LogP contribution in [0.25, 0.3) is 0 Å². The molecule has 0 heterocycles. The van der Waals surface area contributed by atoms with Crippen LogP contribution in [-0.2, 0) is 11.2 Å². The van der Waals surface area contributed by atoms with Crippen LogP contribution in [-0.4, -0.2) is 11.9 Å². The lowest BCUT2D eigenvalue weighted by molar-refractivity contribution is -0.119. The number of para-hydroxylation sites is 1. The lowest BCUT2D eigenvalue weighted by atomic mass is 10.1. The van der Waals surface area contributed by atoms with Gasteiger partial charge in [-0.2, -0.15) is 5.01 Å². The second-order valence-corrected chi connectivity index (χ2v) is 4.36. The Kier molecular flexibility index (Phi) is 4.57. The molecular weight excluding hydrogens is 254 g/mol. The number of carbonyl (C=O) groups is 1. The molecule has 0 bridgehead atoms. The Morgan fingerprint density at radius 3 is 2.15 bits per heavy atom. The lowest BCUT2D eigenvalue weighted by Gasteiger charge is -2.18. The summed E-state index contributed by atoms with van der Waals surface area (Å²) in [5, 5.41) is 3.57. The van der Waals surface area contributed by atoms with Gasteiger partial charge in [0.2, 0.25) is 0 Å². The zero-order chi connectivity index (χ0) is 14.4. The van der Waals surface area contributed by atoms with Gasteiger partial charge in [0.05, 0.1) is 17.0 Å². The molecule has 102 valence electrons. The predicted molar refractivity (Wildman–Crippen MR) is 77.8 cm³/mol. The molecule has 0 aromatic heterocycles. The summed E-state index contributed by atoms with van der Waals surface area (Å²) in [4.78, 5) is 23.1. The molecule has 0 spiro atoms. The van der Waals surface area contributed by atoms with E-state index in [0.29, 0.717) is 12.1 Å². The van der Waals surface area contributed by atoms with E-state index in [9.17, 15) is 9.70 Å². The Hall–Kier alpha value is -2.53. The van der Waals surface area contributed by atoms with Gasteiger partial charge in [-0.15, -0.1) is 4.91 Å². The Bertz CT molecular complexity index is 572. The van der Waals surface area contributed by atoms with E-state index in [0.717, 1.165) is 10.6 Å². The van der Waals surface area contributed by atoms with E-state index in [1.807, 2.05) is 30.3 Å². The van der Waals surface area contributed by atoms with Crippen molar-refractivity contribution in [3.63, 3.8) is 0 Å². The summed E-state index contributed by atoms with van der Waals surface area (Å²) in [6, 6.07) is 17.1. The first kappa shape index (κ1) is 13.9. The van der Waals surface area contributed by atoms with Crippen LogP contribution in [0.15, 0.2) is 65.9 Å². The van der Waals surface area contributed by atoms with E-state index in [4.69, 9.17) is 5.73 Å². The van der Waals surface area contributed by atoms with Crippen molar-refractivity contribution < 1.29 is 4.79 Å². The summed E-state index contributed by atoms with van der Waals surface area (Å²) in [5.74, 6) is -0.518. The monoisotopic (exact) mass is 269 g/mol. The third-order valence-electron chi connectivity index (χ3n) is 2.91. The predicted octanol–water partition coefficient (Wildman–Crippen LogP) is 2.27. The third-order valence-corrected chi connectivity index (χ3v) is 2.91. The van der Waals surface area contributed by atoms with Crippen molar-refractivity contribution in [1.29, 1.82) is 0 Å². The minimum atomic E-state index is -0.810. The quantitative estimate of drug-likeness (QED) is 0.668. The number of amides is 1. The molecule has 0 radical (unpaired) electrons. The van der Waals surface area contributed by atoms with E-state index in [-0.39, 0.29) is 0 Å². The third kappa shape index (κ3) is 3.27. The van der Waals surface area contributed by atoms with Crippen LogP contribution in [0.1, 0.15) is 5.56 Å². The normalized spacial score (nSPS) is 11.7. The molecule has 20 heavy (non-hydrogen) atoms. The average molecular weight is 269 g/mol. The Balaban J connectivity index is 2.11. The van der Waals surface area contributed by atoms with Crippen LogP contribution < -0.4 is 10.7 Å². The van der Waals surface area contributed by atoms with E-state index < -0.39 is 11.9 Å². The van der Waals surface area contributed by atoms with Crippen LogP contribution in [0, 0.1) is 4.91 Å². The number of anilines is 1. The van der Waals surface area contributed by atoms with Gasteiger partial charge in [0.1, 0.15) is 0 Å². The Labute approximate surface area is 117 Å². The molecule has 2 N–H and O–H groups in total. The van der Waals surface area contributed by atoms with Gasteiger partial charge in [0.15, 0.2) is 0 Å². The Morgan fingerprint density at radius 1 is 1.05 bits per heavy atom. The van der Waals surface area contributed by atoms with Crippen molar-refractivity contribution >= 4 is 11.6 Å². The number of carbonyl (C=O) groups excluding carboxylic acids is 1. The van der Waals surface area contributed by atoms with Gasteiger partial charge in [-0.05, 0) is 24.1 Å². The maximum atomic E-state index is 12.2. The molecule has 2 rings (SSSR count). The van der Waals surface area contributed by atoms with E-state index >= 15 is 0 Å².